The van der Waals surface area contributed by atoms with Gasteiger partial charge in [0, 0.05) is 19.0 Å². The van der Waals surface area contributed by atoms with E-state index in [0.717, 1.165) is 41.8 Å². The van der Waals surface area contributed by atoms with E-state index in [2.05, 4.69) is 0 Å². The standard InChI is InChI=1S/C12H11NO2/c1-13-9(7-14)6-8-2-3-11-10(12(8)13)4-5-15-11/h4-7H,2-3H2,1H3. The average Bonchev–Trinajstić information content (AvgIpc) is 2.81. The van der Waals surface area contributed by atoms with Crippen LogP contribution in [-0.2, 0) is 19.9 Å². The van der Waals surface area contributed by atoms with E-state index in [1.54, 1.807) is 6.26 Å². The van der Waals surface area contributed by atoms with E-state index >= 15 is 0 Å². The van der Waals surface area contributed by atoms with E-state index in [1.807, 2.05) is 23.7 Å². The molecule has 1 aliphatic carbocycles. The Morgan fingerprint density at radius 3 is 3.13 bits per heavy atom. The number of aldehydes is 1. The Labute approximate surface area is 87.3 Å². The SMILES string of the molecule is Cn1c(C=O)cc2c1-c1ccoc1CC2. The van der Waals surface area contributed by atoms with Gasteiger partial charge in [-0.2, -0.15) is 0 Å². The molecule has 2 aromatic rings. The third kappa shape index (κ3) is 1.03. The molecule has 0 bridgehead atoms. The third-order valence-corrected chi connectivity index (χ3v) is 3.09. The van der Waals surface area contributed by atoms with Crippen molar-refractivity contribution >= 4 is 6.29 Å². The van der Waals surface area contributed by atoms with Crippen LogP contribution in [0.5, 0.6) is 0 Å². The van der Waals surface area contributed by atoms with Crippen molar-refractivity contribution < 1.29 is 9.21 Å². The average molecular weight is 201 g/mol. The van der Waals surface area contributed by atoms with E-state index in [9.17, 15) is 4.79 Å². The molecule has 0 atom stereocenters. The summed E-state index contributed by atoms with van der Waals surface area (Å²) in [6.45, 7) is 0. The van der Waals surface area contributed by atoms with Gasteiger partial charge in [-0.3, -0.25) is 4.79 Å². The summed E-state index contributed by atoms with van der Waals surface area (Å²) >= 11 is 0. The van der Waals surface area contributed by atoms with Gasteiger partial charge in [-0.1, -0.05) is 0 Å². The molecule has 3 nitrogen and oxygen atoms in total. The Bertz CT molecular complexity index is 534. The van der Waals surface area contributed by atoms with Gasteiger partial charge < -0.3 is 8.98 Å². The number of aryl methyl sites for hydroxylation is 2. The Kier molecular flexibility index (Phi) is 1.63. The van der Waals surface area contributed by atoms with Crippen LogP contribution in [0.3, 0.4) is 0 Å². The molecule has 0 aromatic carbocycles. The van der Waals surface area contributed by atoms with Crippen molar-refractivity contribution in [1.29, 1.82) is 0 Å². The molecule has 0 fully saturated rings. The second-order valence-corrected chi connectivity index (χ2v) is 3.88. The fourth-order valence-electron chi connectivity index (χ4n) is 2.34. The molecular weight excluding hydrogens is 190 g/mol. The lowest BCUT2D eigenvalue weighted by Gasteiger charge is -2.13. The second kappa shape index (κ2) is 2.86. The lowest BCUT2D eigenvalue weighted by atomic mass is 9.96. The van der Waals surface area contributed by atoms with Gasteiger partial charge in [-0.15, -0.1) is 0 Å². The predicted molar refractivity (Wildman–Crippen MR) is 55.9 cm³/mol. The number of hydrogen-bond acceptors (Lipinski definition) is 2. The van der Waals surface area contributed by atoms with Crippen molar-refractivity contribution in [2.75, 3.05) is 0 Å². The Balaban J connectivity index is 2.31. The smallest absolute Gasteiger partial charge is 0.166 e. The molecule has 0 saturated carbocycles. The maximum Gasteiger partial charge on any atom is 0.166 e. The second-order valence-electron chi connectivity index (χ2n) is 3.88. The summed E-state index contributed by atoms with van der Waals surface area (Å²) in [7, 11) is 1.92. The molecule has 0 saturated heterocycles. The minimum Gasteiger partial charge on any atom is -0.469 e. The van der Waals surface area contributed by atoms with Crippen LogP contribution >= 0.6 is 0 Å². The number of carbonyl (C=O) groups is 1. The molecule has 1 aliphatic rings. The summed E-state index contributed by atoms with van der Waals surface area (Å²) in [5.41, 5.74) is 4.24. The summed E-state index contributed by atoms with van der Waals surface area (Å²) in [4.78, 5) is 10.9. The highest BCUT2D eigenvalue weighted by Gasteiger charge is 2.22. The summed E-state index contributed by atoms with van der Waals surface area (Å²) in [6.07, 6.45) is 4.50. The number of carbonyl (C=O) groups excluding carboxylic acids is 1. The molecule has 3 heteroatoms. The number of nitrogens with zero attached hydrogens (tertiary/aromatic N) is 1. The number of rotatable bonds is 1. The van der Waals surface area contributed by atoms with Crippen LogP contribution in [0.1, 0.15) is 21.8 Å². The monoisotopic (exact) mass is 201 g/mol. The van der Waals surface area contributed by atoms with Crippen LogP contribution < -0.4 is 0 Å². The Morgan fingerprint density at radius 1 is 1.47 bits per heavy atom. The van der Waals surface area contributed by atoms with E-state index in [-0.39, 0.29) is 0 Å². The number of hydrogen-bond donors (Lipinski definition) is 0. The molecule has 0 radical (unpaired) electrons. The fraction of sp³-hybridized carbons (Fsp3) is 0.250. The largest absolute Gasteiger partial charge is 0.469 e. The highest BCUT2D eigenvalue weighted by molar-refractivity contribution is 5.79. The van der Waals surface area contributed by atoms with Gasteiger partial charge >= 0.3 is 0 Å². The highest BCUT2D eigenvalue weighted by atomic mass is 16.3. The highest BCUT2D eigenvalue weighted by Crippen LogP contribution is 2.35. The molecule has 0 amide bonds. The zero-order chi connectivity index (χ0) is 10.4. The van der Waals surface area contributed by atoms with Gasteiger partial charge in [0.05, 0.1) is 17.7 Å². The Hall–Kier alpha value is -1.77. The van der Waals surface area contributed by atoms with Crippen molar-refractivity contribution in [3.63, 3.8) is 0 Å². The van der Waals surface area contributed by atoms with Gasteiger partial charge in [0.25, 0.3) is 0 Å². The lowest BCUT2D eigenvalue weighted by Crippen LogP contribution is -2.03. The van der Waals surface area contributed by atoms with Gasteiger partial charge in [-0.25, -0.2) is 0 Å². The molecule has 2 aromatic heterocycles. The van der Waals surface area contributed by atoms with E-state index in [0.29, 0.717) is 0 Å². The van der Waals surface area contributed by atoms with Crippen LogP contribution in [0.2, 0.25) is 0 Å². The fourth-order valence-corrected chi connectivity index (χ4v) is 2.34. The third-order valence-electron chi connectivity index (χ3n) is 3.09. The topological polar surface area (TPSA) is 35.1 Å². The predicted octanol–water partition coefficient (Wildman–Crippen LogP) is 2.20. The summed E-state index contributed by atoms with van der Waals surface area (Å²) in [5, 5.41) is 0. The van der Waals surface area contributed by atoms with Crippen molar-refractivity contribution in [3.05, 3.63) is 35.4 Å². The molecule has 0 unspecified atom stereocenters. The zero-order valence-electron chi connectivity index (χ0n) is 8.49. The first kappa shape index (κ1) is 8.53. The molecule has 0 aliphatic heterocycles. The first-order valence-electron chi connectivity index (χ1n) is 5.02. The Morgan fingerprint density at radius 2 is 2.33 bits per heavy atom. The van der Waals surface area contributed by atoms with Crippen LogP contribution in [0, 0.1) is 0 Å². The maximum atomic E-state index is 10.9. The number of fused-ring (bicyclic) bond motifs is 3. The van der Waals surface area contributed by atoms with Crippen LogP contribution in [0.25, 0.3) is 11.3 Å². The maximum absolute atomic E-state index is 10.9. The van der Waals surface area contributed by atoms with Crippen molar-refractivity contribution in [2.24, 2.45) is 7.05 Å². The van der Waals surface area contributed by atoms with E-state index < -0.39 is 0 Å². The summed E-state index contributed by atoms with van der Waals surface area (Å²) in [5.74, 6) is 1.03. The van der Waals surface area contributed by atoms with E-state index in [4.69, 9.17) is 4.42 Å². The van der Waals surface area contributed by atoms with Crippen LogP contribution in [-0.4, -0.2) is 10.9 Å². The molecule has 2 heterocycles. The van der Waals surface area contributed by atoms with Crippen molar-refractivity contribution in [2.45, 2.75) is 12.8 Å². The number of aromatic nitrogens is 1. The van der Waals surface area contributed by atoms with Gasteiger partial charge in [0.15, 0.2) is 6.29 Å². The first-order chi connectivity index (χ1) is 7.31. The summed E-state index contributed by atoms with van der Waals surface area (Å²) < 4.78 is 7.35. The normalized spacial score (nSPS) is 13.4. The zero-order valence-corrected chi connectivity index (χ0v) is 8.49. The van der Waals surface area contributed by atoms with Crippen molar-refractivity contribution in [3.8, 4) is 11.3 Å². The molecule has 15 heavy (non-hydrogen) atoms. The quantitative estimate of drug-likeness (QED) is 0.663. The summed E-state index contributed by atoms with van der Waals surface area (Å²) in [6, 6.07) is 3.94. The molecule has 3 rings (SSSR count). The lowest BCUT2D eigenvalue weighted by molar-refractivity contribution is 0.111. The van der Waals surface area contributed by atoms with Gasteiger partial charge in [-0.05, 0) is 24.1 Å². The molecular formula is C12H11NO2. The molecule has 0 N–H and O–H groups in total. The van der Waals surface area contributed by atoms with Gasteiger partial charge in [0.2, 0.25) is 0 Å². The molecule has 0 spiro atoms. The van der Waals surface area contributed by atoms with Crippen molar-refractivity contribution in [1.82, 2.24) is 4.57 Å². The van der Waals surface area contributed by atoms with Crippen LogP contribution in [0.15, 0.2) is 22.8 Å². The molecule has 76 valence electrons. The van der Waals surface area contributed by atoms with Gasteiger partial charge in [0.1, 0.15) is 5.76 Å². The number of furan rings is 1. The van der Waals surface area contributed by atoms with Crippen LogP contribution in [0.4, 0.5) is 0 Å². The van der Waals surface area contributed by atoms with E-state index in [1.165, 1.54) is 5.56 Å². The minimum absolute atomic E-state index is 0.731. The first-order valence-corrected chi connectivity index (χ1v) is 5.02. The minimum atomic E-state index is 0.731.